The molecule has 18 heavy (non-hydrogen) atoms. The highest BCUT2D eigenvalue weighted by molar-refractivity contribution is 6.38. The number of pyridine rings is 1. The molecule has 0 aliphatic heterocycles. The molecule has 1 heterocycles. The Kier molecular flexibility index (Phi) is 3.71. The molecule has 0 amide bonds. The molecule has 0 unspecified atom stereocenters. The third-order valence-electron chi connectivity index (χ3n) is 2.55. The van der Waals surface area contributed by atoms with Crippen molar-refractivity contribution in [3.05, 3.63) is 46.2 Å². The Morgan fingerprint density at radius 1 is 1.39 bits per heavy atom. The summed E-state index contributed by atoms with van der Waals surface area (Å²) in [5.41, 5.74) is 8.47. The fourth-order valence-electron chi connectivity index (χ4n) is 1.72. The van der Waals surface area contributed by atoms with Crippen LogP contribution < -0.4 is 5.73 Å². The zero-order chi connectivity index (χ0) is 13.1. The van der Waals surface area contributed by atoms with E-state index < -0.39 is 0 Å². The molecule has 0 aliphatic rings. The molecule has 1 aromatic carbocycles. The Labute approximate surface area is 115 Å². The topological polar surface area (TPSA) is 62.7 Å². The number of nitriles is 1. The van der Waals surface area contributed by atoms with E-state index in [-0.39, 0.29) is 6.42 Å². The summed E-state index contributed by atoms with van der Waals surface area (Å²) in [4.78, 5) is 4.03. The minimum atomic E-state index is 0.144. The Hall–Kier alpha value is -1.76. The van der Waals surface area contributed by atoms with Gasteiger partial charge in [-0.3, -0.25) is 4.98 Å². The molecule has 1 aromatic heterocycles. The van der Waals surface area contributed by atoms with Crippen molar-refractivity contribution in [3.8, 4) is 17.2 Å². The maximum absolute atomic E-state index is 8.79. The van der Waals surface area contributed by atoms with Crippen molar-refractivity contribution < 1.29 is 0 Å². The number of aromatic nitrogens is 1. The molecule has 0 spiro atoms. The van der Waals surface area contributed by atoms with Crippen molar-refractivity contribution in [1.29, 1.82) is 5.26 Å². The number of anilines is 1. The fourth-order valence-corrected chi connectivity index (χ4v) is 2.44. The number of hydrogen-bond donors (Lipinski definition) is 1. The summed E-state index contributed by atoms with van der Waals surface area (Å²) in [6.07, 6.45) is 3.48. The lowest BCUT2D eigenvalue weighted by atomic mass is 10.0. The van der Waals surface area contributed by atoms with E-state index in [0.717, 1.165) is 5.56 Å². The predicted molar refractivity (Wildman–Crippen MR) is 73.4 cm³/mol. The van der Waals surface area contributed by atoms with Gasteiger partial charge in [0.2, 0.25) is 0 Å². The van der Waals surface area contributed by atoms with E-state index in [0.29, 0.717) is 26.9 Å². The second-order valence-electron chi connectivity index (χ2n) is 3.69. The SMILES string of the molecule is N#CCc1c(Cl)cc(N)c(-c2cccnc2)c1Cl. The van der Waals surface area contributed by atoms with Crippen molar-refractivity contribution in [2.24, 2.45) is 0 Å². The zero-order valence-corrected chi connectivity index (χ0v) is 10.8. The maximum Gasteiger partial charge on any atom is 0.0670 e. The van der Waals surface area contributed by atoms with Crippen LogP contribution in [-0.4, -0.2) is 4.98 Å². The van der Waals surface area contributed by atoms with Crippen LogP contribution >= 0.6 is 23.2 Å². The summed E-state index contributed by atoms with van der Waals surface area (Å²) in [5.74, 6) is 0. The Morgan fingerprint density at radius 2 is 2.17 bits per heavy atom. The number of halogens is 2. The number of nitrogens with zero attached hydrogens (tertiary/aromatic N) is 2. The van der Waals surface area contributed by atoms with Crippen molar-refractivity contribution in [2.45, 2.75) is 6.42 Å². The minimum Gasteiger partial charge on any atom is -0.398 e. The summed E-state index contributed by atoms with van der Waals surface area (Å²) < 4.78 is 0. The van der Waals surface area contributed by atoms with Crippen LogP contribution in [0.25, 0.3) is 11.1 Å². The molecule has 2 N–H and O–H groups in total. The first-order chi connectivity index (χ1) is 8.65. The monoisotopic (exact) mass is 277 g/mol. The highest BCUT2D eigenvalue weighted by Gasteiger charge is 2.15. The quantitative estimate of drug-likeness (QED) is 0.852. The van der Waals surface area contributed by atoms with Crippen molar-refractivity contribution >= 4 is 28.9 Å². The number of nitrogen functional groups attached to an aromatic ring is 1. The first kappa shape index (κ1) is 12.7. The van der Waals surface area contributed by atoms with Crippen LogP contribution in [0.4, 0.5) is 5.69 Å². The Balaban J connectivity index is 2.69. The van der Waals surface area contributed by atoms with Gasteiger partial charge in [0.1, 0.15) is 0 Å². The molecular weight excluding hydrogens is 269 g/mol. The lowest BCUT2D eigenvalue weighted by Crippen LogP contribution is -1.96. The van der Waals surface area contributed by atoms with E-state index in [2.05, 4.69) is 4.98 Å². The molecule has 0 radical (unpaired) electrons. The van der Waals surface area contributed by atoms with Gasteiger partial charge in [0.05, 0.1) is 17.5 Å². The number of rotatable bonds is 2. The second kappa shape index (κ2) is 5.26. The predicted octanol–water partition coefficient (Wildman–Crippen LogP) is 3.70. The van der Waals surface area contributed by atoms with Crippen molar-refractivity contribution in [3.63, 3.8) is 0 Å². The van der Waals surface area contributed by atoms with Gasteiger partial charge >= 0.3 is 0 Å². The van der Waals surface area contributed by atoms with Gasteiger partial charge in [-0.25, -0.2) is 0 Å². The highest BCUT2D eigenvalue weighted by Crippen LogP contribution is 2.39. The molecule has 0 bridgehead atoms. The first-order valence-electron chi connectivity index (χ1n) is 5.19. The van der Waals surface area contributed by atoms with E-state index >= 15 is 0 Å². The summed E-state index contributed by atoms with van der Waals surface area (Å²) in [6, 6.07) is 7.30. The molecule has 2 rings (SSSR count). The lowest BCUT2D eigenvalue weighted by Gasteiger charge is -2.12. The van der Waals surface area contributed by atoms with Gasteiger partial charge in [-0.15, -0.1) is 0 Å². The molecule has 3 nitrogen and oxygen atoms in total. The van der Waals surface area contributed by atoms with Crippen molar-refractivity contribution in [2.75, 3.05) is 5.73 Å². The summed E-state index contributed by atoms with van der Waals surface area (Å²) >= 11 is 12.3. The lowest BCUT2D eigenvalue weighted by molar-refractivity contribution is 1.26. The highest BCUT2D eigenvalue weighted by atomic mass is 35.5. The Bertz CT molecular complexity index is 618. The van der Waals surface area contributed by atoms with Crippen LogP contribution in [-0.2, 0) is 6.42 Å². The average Bonchev–Trinajstić information content (AvgIpc) is 2.35. The Morgan fingerprint density at radius 3 is 2.78 bits per heavy atom. The second-order valence-corrected chi connectivity index (χ2v) is 4.48. The third-order valence-corrected chi connectivity index (χ3v) is 3.30. The summed E-state index contributed by atoms with van der Waals surface area (Å²) in [7, 11) is 0. The fraction of sp³-hybridized carbons (Fsp3) is 0.0769. The van der Waals surface area contributed by atoms with Crippen LogP contribution in [0.1, 0.15) is 5.56 Å². The smallest absolute Gasteiger partial charge is 0.0670 e. The van der Waals surface area contributed by atoms with E-state index in [1.807, 2.05) is 12.1 Å². The molecular formula is C13H9Cl2N3. The van der Waals surface area contributed by atoms with Gasteiger partial charge in [0.15, 0.2) is 0 Å². The normalized spacial score (nSPS) is 10.1. The largest absolute Gasteiger partial charge is 0.398 e. The van der Waals surface area contributed by atoms with Gasteiger partial charge < -0.3 is 5.73 Å². The van der Waals surface area contributed by atoms with Crippen LogP contribution in [0.5, 0.6) is 0 Å². The van der Waals surface area contributed by atoms with E-state index in [1.54, 1.807) is 24.5 Å². The maximum atomic E-state index is 8.79. The molecule has 0 saturated carbocycles. The third kappa shape index (κ3) is 2.26. The first-order valence-corrected chi connectivity index (χ1v) is 5.94. The minimum absolute atomic E-state index is 0.144. The van der Waals surface area contributed by atoms with Crippen molar-refractivity contribution in [1.82, 2.24) is 4.98 Å². The van der Waals surface area contributed by atoms with E-state index in [9.17, 15) is 0 Å². The number of nitrogens with two attached hydrogens (primary N) is 1. The molecule has 0 aliphatic carbocycles. The number of hydrogen-bond acceptors (Lipinski definition) is 3. The average molecular weight is 278 g/mol. The molecule has 0 fully saturated rings. The molecule has 90 valence electrons. The summed E-state index contributed by atoms with van der Waals surface area (Å²) in [5, 5.41) is 9.61. The summed E-state index contributed by atoms with van der Waals surface area (Å²) in [6.45, 7) is 0. The molecule has 0 saturated heterocycles. The van der Waals surface area contributed by atoms with E-state index in [1.165, 1.54) is 0 Å². The van der Waals surface area contributed by atoms with Gasteiger partial charge in [-0.2, -0.15) is 5.26 Å². The molecule has 0 atom stereocenters. The number of benzene rings is 1. The van der Waals surface area contributed by atoms with Crippen LogP contribution in [0.3, 0.4) is 0 Å². The molecule has 2 aromatic rings. The molecule has 5 heteroatoms. The van der Waals surface area contributed by atoms with Crippen LogP contribution in [0, 0.1) is 11.3 Å². The van der Waals surface area contributed by atoms with Crippen LogP contribution in [0.2, 0.25) is 10.0 Å². The zero-order valence-electron chi connectivity index (χ0n) is 9.32. The van der Waals surface area contributed by atoms with Gasteiger partial charge in [0, 0.05) is 39.8 Å². The van der Waals surface area contributed by atoms with E-state index in [4.69, 9.17) is 34.2 Å². The van der Waals surface area contributed by atoms with Gasteiger partial charge in [-0.1, -0.05) is 29.3 Å². The van der Waals surface area contributed by atoms with Gasteiger partial charge in [0.25, 0.3) is 0 Å². The van der Waals surface area contributed by atoms with Gasteiger partial charge in [-0.05, 0) is 12.1 Å². The van der Waals surface area contributed by atoms with Crippen LogP contribution in [0.15, 0.2) is 30.6 Å². The standard InChI is InChI=1S/C13H9Cl2N3/c14-10-6-11(17)12(8-2-1-5-18-7-8)13(15)9(10)3-4-16/h1-2,5-7H,3,17H2.